The molecule has 0 saturated carbocycles. The summed E-state index contributed by atoms with van der Waals surface area (Å²) in [5.74, 6) is -0.426. The third-order valence-corrected chi connectivity index (χ3v) is 6.65. The zero-order chi connectivity index (χ0) is 26.2. The van der Waals surface area contributed by atoms with Gasteiger partial charge in [-0.05, 0) is 69.2 Å². The second-order valence-corrected chi connectivity index (χ2v) is 10.1. The third-order valence-electron chi connectivity index (χ3n) is 5.42. The number of sulfonamides is 1. The topological polar surface area (TPSA) is 142 Å². The fourth-order valence-corrected chi connectivity index (χ4v) is 4.86. The summed E-state index contributed by atoms with van der Waals surface area (Å²) in [5.41, 5.74) is 10.3. The molecule has 0 saturated heterocycles. The molecule has 0 spiro atoms. The van der Waals surface area contributed by atoms with E-state index in [1.54, 1.807) is 17.8 Å². The Bertz CT molecular complexity index is 1580. The first-order valence-electron chi connectivity index (χ1n) is 11.0. The van der Waals surface area contributed by atoms with Crippen molar-refractivity contribution in [1.29, 1.82) is 0 Å². The number of pyridine rings is 2. The average Bonchev–Trinajstić information content (AvgIpc) is 3.13. The predicted octanol–water partition coefficient (Wildman–Crippen LogP) is 4.10. The van der Waals surface area contributed by atoms with Crippen molar-refractivity contribution in [2.24, 2.45) is 7.05 Å². The number of nitrogen functional groups attached to an aromatic ring is 1. The summed E-state index contributed by atoms with van der Waals surface area (Å²) in [6.45, 7) is 7.61. The number of anilines is 1. The molecule has 3 aromatic heterocycles. The van der Waals surface area contributed by atoms with Gasteiger partial charge in [0.1, 0.15) is 17.1 Å². The van der Waals surface area contributed by atoms with Crippen LogP contribution < -0.4 is 15.2 Å². The number of ether oxygens (including phenoxy) is 1. The smallest absolute Gasteiger partial charge is 0.281 e. The number of nitrogens with zero attached hydrogens (tertiary/aromatic N) is 4. The molecule has 0 radical (unpaired) electrons. The van der Waals surface area contributed by atoms with Crippen LogP contribution in [0.1, 0.15) is 35.6 Å². The van der Waals surface area contributed by atoms with Gasteiger partial charge in [0.2, 0.25) is 5.88 Å². The molecule has 0 aliphatic heterocycles. The summed E-state index contributed by atoms with van der Waals surface area (Å²) >= 11 is 0. The summed E-state index contributed by atoms with van der Waals surface area (Å²) < 4.78 is 35.5. The summed E-state index contributed by atoms with van der Waals surface area (Å²) in [4.78, 5) is 21.6. The summed E-state index contributed by atoms with van der Waals surface area (Å²) in [6.07, 6.45) is 0. The second kappa shape index (κ2) is 9.42. The van der Waals surface area contributed by atoms with E-state index in [0.717, 1.165) is 22.4 Å². The zero-order valence-electron chi connectivity index (χ0n) is 20.5. The van der Waals surface area contributed by atoms with E-state index in [1.165, 1.54) is 24.3 Å². The van der Waals surface area contributed by atoms with Gasteiger partial charge in [-0.3, -0.25) is 9.48 Å². The van der Waals surface area contributed by atoms with Gasteiger partial charge in [0.15, 0.2) is 5.03 Å². The van der Waals surface area contributed by atoms with Gasteiger partial charge in [0.05, 0.1) is 17.1 Å². The maximum atomic E-state index is 13.2. The number of hydrogen-bond donors (Lipinski definition) is 2. The van der Waals surface area contributed by atoms with Crippen molar-refractivity contribution in [2.75, 3.05) is 5.73 Å². The van der Waals surface area contributed by atoms with E-state index in [0.29, 0.717) is 17.1 Å². The Labute approximate surface area is 212 Å². The first-order chi connectivity index (χ1) is 16.9. The molecule has 10 nitrogen and oxygen atoms in total. The lowest BCUT2D eigenvalue weighted by Crippen LogP contribution is -2.31. The quantitative estimate of drug-likeness (QED) is 0.395. The minimum Gasteiger partial charge on any atom is -0.438 e. The Kier molecular flexibility index (Phi) is 6.51. The fourth-order valence-electron chi connectivity index (χ4n) is 3.92. The average molecular weight is 511 g/mol. The van der Waals surface area contributed by atoms with E-state index in [-0.39, 0.29) is 25.1 Å². The number of nitrogens with two attached hydrogens (primary N) is 1. The Morgan fingerprint density at radius 1 is 1.03 bits per heavy atom. The van der Waals surface area contributed by atoms with Crippen molar-refractivity contribution in [3.8, 4) is 23.0 Å². The van der Waals surface area contributed by atoms with Gasteiger partial charge >= 0.3 is 0 Å². The highest BCUT2D eigenvalue weighted by Gasteiger charge is 2.25. The van der Waals surface area contributed by atoms with Crippen LogP contribution in [0.15, 0.2) is 53.6 Å². The number of carbonyl (C=O) groups is 1. The van der Waals surface area contributed by atoms with Crippen LogP contribution in [0.25, 0.3) is 11.4 Å². The number of rotatable bonds is 6. The number of hydrogen-bond acceptors (Lipinski definition) is 8. The van der Waals surface area contributed by atoms with E-state index in [4.69, 9.17) is 10.5 Å². The van der Waals surface area contributed by atoms with Gasteiger partial charge in [-0.2, -0.15) is 13.5 Å². The largest absolute Gasteiger partial charge is 0.438 e. The van der Waals surface area contributed by atoms with Crippen LogP contribution in [0, 0.1) is 27.7 Å². The van der Waals surface area contributed by atoms with E-state index in [1.807, 2.05) is 50.6 Å². The molecular weight excluding hydrogens is 480 g/mol. The van der Waals surface area contributed by atoms with Crippen molar-refractivity contribution in [1.82, 2.24) is 24.5 Å². The molecule has 0 unspecified atom stereocenters. The first kappa shape index (κ1) is 24.9. The number of aryl methyl sites for hydroxylation is 5. The van der Waals surface area contributed by atoms with Crippen LogP contribution in [0.4, 0.5) is 5.82 Å². The summed E-state index contributed by atoms with van der Waals surface area (Å²) in [5, 5.41) is 3.97. The fraction of sp³-hybridized carbons (Fsp3) is 0.200. The molecule has 36 heavy (non-hydrogen) atoms. The minimum atomic E-state index is -4.30. The van der Waals surface area contributed by atoms with Crippen LogP contribution in [-0.2, 0) is 17.1 Å². The zero-order valence-corrected chi connectivity index (χ0v) is 21.3. The molecule has 0 aliphatic carbocycles. The van der Waals surface area contributed by atoms with Crippen LogP contribution in [0.3, 0.4) is 0 Å². The Morgan fingerprint density at radius 3 is 2.33 bits per heavy atom. The Hall–Kier alpha value is -4.25. The number of carbonyl (C=O) groups excluding carboxylic acids is 1. The highest BCUT2D eigenvalue weighted by molar-refractivity contribution is 7.90. The van der Waals surface area contributed by atoms with Crippen molar-refractivity contribution in [2.45, 2.75) is 32.7 Å². The lowest BCUT2D eigenvalue weighted by Gasteiger charge is -2.16. The number of amides is 1. The summed E-state index contributed by atoms with van der Waals surface area (Å²) in [6, 6.07) is 13.0. The molecule has 3 N–H and O–H groups in total. The van der Waals surface area contributed by atoms with Gasteiger partial charge in [0, 0.05) is 9.90 Å². The van der Waals surface area contributed by atoms with E-state index < -0.39 is 15.9 Å². The van der Waals surface area contributed by atoms with Crippen molar-refractivity contribution >= 4 is 21.7 Å². The molecule has 1 amide bonds. The van der Waals surface area contributed by atoms with E-state index >= 15 is 0 Å². The number of benzene rings is 1. The van der Waals surface area contributed by atoms with Crippen LogP contribution in [0.2, 0.25) is 0 Å². The molecule has 0 atom stereocenters. The molecule has 4 rings (SSSR count). The van der Waals surface area contributed by atoms with Gasteiger partial charge in [-0.15, -0.1) is 0 Å². The molecule has 190 valence electrons. The maximum Gasteiger partial charge on any atom is 0.281 e. The second-order valence-electron chi connectivity index (χ2n) is 8.51. The van der Waals surface area contributed by atoms with Gasteiger partial charge in [-0.25, -0.2) is 14.7 Å². The monoisotopic (exact) mass is 510 g/mol. The molecule has 1 aromatic carbocycles. The maximum absolute atomic E-state index is 13.2. The standard InChI is InChI=1S/C25H26N6O4S.2H2/c1-14-11-15(2)23(16(3)12-14)35-25-18(9-10-19(27-25)20-13-17(4)29-31(20)5)24(32)30-36(33,34)22-8-6-7-21(26)28-22;;/h6-13H,1-5H3,(H2,26,28)(H,30,32);2*1H. The van der Waals surface area contributed by atoms with Crippen LogP contribution in [-0.4, -0.2) is 34.1 Å². The Balaban J connectivity index is 0.00000253. The molecule has 11 heteroatoms. The van der Waals surface area contributed by atoms with E-state index in [9.17, 15) is 13.2 Å². The third kappa shape index (κ3) is 5.05. The molecule has 3 heterocycles. The van der Waals surface area contributed by atoms with Gasteiger partial charge in [0.25, 0.3) is 15.9 Å². The van der Waals surface area contributed by atoms with Gasteiger partial charge < -0.3 is 10.5 Å². The molecule has 0 aliphatic rings. The molecule has 4 aromatic rings. The molecule has 0 bridgehead atoms. The predicted molar refractivity (Wildman–Crippen MR) is 139 cm³/mol. The lowest BCUT2D eigenvalue weighted by atomic mass is 10.1. The first-order valence-corrected chi connectivity index (χ1v) is 12.5. The lowest BCUT2D eigenvalue weighted by molar-refractivity contribution is 0.0978. The highest BCUT2D eigenvalue weighted by atomic mass is 32.2. The summed E-state index contributed by atoms with van der Waals surface area (Å²) in [7, 11) is -2.51. The van der Waals surface area contributed by atoms with Crippen molar-refractivity contribution in [3.63, 3.8) is 0 Å². The Morgan fingerprint density at radius 2 is 1.72 bits per heavy atom. The number of aromatic nitrogens is 4. The van der Waals surface area contributed by atoms with Crippen molar-refractivity contribution < 1.29 is 20.8 Å². The molecule has 0 fully saturated rings. The van der Waals surface area contributed by atoms with E-state index in [2.05, 4.69) is 15.1 Å². The number of nitrogens with one attached hydrogen (secondary N) is 1. The van der Waals surface area contributed by atoms with Crippen LogP contribution >= 0.6 is 0 Å². The normalized spacial score (nSPS) is 11.4. The molecular formula is C25H30N6O4S. The van der Waals surface area contributed by atoms with Gasteiger partial charge in [-0.1, -0.05) is 23.8 Å². The minimum absolute atomic E-state index is 0. The van der Waals surface area contributed by atoms with Crippen molar-refractivity contribution in [3.05, 3.63) is 76.5 Å². The SMILES string of the molecule is Cc1cc(C)c(Oc2nc(-c3cc(C)nn3C)ccc2C(=O)NS(=O)(=O)c2cccc(N)n2)c(C)c1.[HH].[HH]. The highest BCUT2D eigenvalue weighted by Crippen LogP contribution is 2.32. The van der Waals surface area contributed by atoms with Crippen LogP contribution in [0.5, 0.6) is 11.6 Å².